The van der Waals surface area contributed by atoms with Crippen LogP contribution in [0, 0.1) is 5.92 Å². The molecule has 0 bridgehead atoms. The standard InChI is InChI=1S/C20H26N6O2/c1-23-19(27)8-7-18(22-23)26-10-4-5-16(15-26)20(28)25-13-11-24(12-14-25)17-6-2-3-9-21-17/h2-3,6-9,16H,4-5,10-15H2,1H3/t16-/m0/s1. The Morgan fingerprint density at radius 3 is 2.54 bits per heavy atom. The van der Waals surface area contributed by atoms with Gasteiger partial charge in [0, 0.05) is 58.6 Å². The summed E-state index contributed by atoms with van der Waals surface area (Å²) < 4.78 is 1.34. The lowest BCUT2D eigenvalue weighted by molar-refractivity contribution is -0.136. The summed E-state index contributed by atoms with van der Waals surface area (Å²) >= 11 is 0. The van der Waals surface area contributed by atoms with Crippen LogP contribution in [0.2, 0.25) is 0 Å². The molecule has 0 radical (unpaired) electrons. The minimum atomic E-state index is -0.126. The molecule has 0 aliphatic carbocycles. The van der Waals surface area contributed by atoms with Crippen molar-refractivity contribution in [3.05, 3.63) is 46.9 Å². The summed E-state index contributed by atoms with van der Waals surface area (Å²) in [6, 6.07) is 9.20. The van der Waals surface area contributed by atoms with Crippen LogP contribution in [0.15, 0.2) is 41.3 Å². The predicted molar refractivity (Wildman–Crippen MR) is 107 cm³/mol. The van der Waals surface area contributed by atoms with E-state index in [4.69, 9.17) is 0 Å². The minimum absolute atomic E-state index is 0.0193. The third-order valence-corrected chi connectivity index (χ3v) is 5.61. The molecule has 4 heterocycles. The first kappa shape index (κ1) is 18.5. The molecular weight excluding hydrogens is 356 g/mol. The smallest absolute Gasteiger partial charge is 0.266 e. The van der Waals surface area contributed by atoms with E-state index in [1.54, 1.807) is 19.3 Å². The zero-order valence-electron chi connectivity index (χ0n) is 16.2. The second-order valence-corrected chi connectivity index (χ2v) is 7.44. The van der Waals surface area contributed by atoms with E-state index in [-0.39, 0.29) is 17.4 Å². The molecule has 8 nitrogen and oxygen atoms in total. The van der Waals surface area contributed by atoms with E-state index < -0.39 is 0 Å². The Hall–Kier alpha value is -2.90. The number of carbonyl (C=O) groups is 1. The summed E-state index contributed by atoms with van der Waals surface area (Å²) in [6.07, 6.45) is 3.66. The number of aromatic nitrogens is 3. The van der Waals surface area contributed by atoms with E-state index in [0.717, 1.165) is 57.2 Å². The van der Waals surface area contributed by atoms with Crippen molar-refractivity contribution in [2.75, 3.05) is 49.1 Å². The van der Waals surface area contributed by atoms with Crippen LogP contribution in [-0.4, -0.2) is 64.8 Å². The van der Waals surface area contributed by atoms with E-state index in [1.807, 2.05) is 23.1 Å². The second kappa shape index (κ2) is 8.00. The van der Waals surface area contributed by atoms with Gasteiger partial charge in [-0.2, -0.15) is 5.10 Å². The number of pyridine rings is 1. The number of rotatable bonds is 3. The highest BCUT2D eigenvalue weighted by Gasteiger charge is 2.31. The molecule has 2 aliphatic rings. The van der Waals surface area contributed by atoms with E-state index in [0.29, 0.717) is 6.54 Å². The van der Waals surface area contributed by atoms with Crippen LogP contribution in [0.25, 0.3) is 0 Å². The van der Waals surface area contributed by atoms with Gasteiger partial charge in [-0.3, -0.25) is 9.59 Å². The largest absolute Gasteiger partial charge is 0.354 e. The molecule has 2 saturated heterocycles. The zero-order chi connectivity index (χ0) is 19.5. The summed E-state index contributed by atoms with van der Waals surface area (Å²) in [5, 5.41) is 4.34. The van der Waals surface area contributed by atoms with Gasteiger partial charge in [0.25, 0.3) is 5.56 Å². The van der Waals surface area contributed by atoms with Crippen molar-refractivity contribution in [3.63, 3.8) is 0 Å². The number of amides is 1. The van der Waals surface area contributed by atoms with Crippen LogP contribution < -0.4 is 15.4 Å². The van der Waals surface area contributed by atoms with Crippen molar-refractivity contribution in [3.8, 4) is 0 Å². The van der Waals surface area contributed by atoms with Gasteiger partial charge in [-0.05, 0) is 31.0 Å². The van der Waals surface area contributed by atoms with Crippen molar-refractivity contribution >= 4 is 17.5 Å². The molecule has 28 heavy (non-hydrogen) atoms. The van der Waals surface area contributed by atoms with Gasteiger partial charge < -0.3 is 14.7 Å². The highest BCUT2D eigenvalue weighted by atomic mass is 16.2. The van der Waals surface area contributed by atoms with Crippen molar-refractivity contribution < 1.29 is 4.79 Å². The van der Waals surface area contributed by atoms with Gasteiger partial charge in [0.1, 0.15) is 11.6 Å². The molecule has 0 N–H and O–H groups in total. The number of anilines is 2. The molecule has 2 aromatic heterocycles. The fraction of sp³-hybridized carbons (Fsp3) is 0.500. The van der Waals surface area contributed by atoms with Crippen LogP contribution in [0.1, 0.15) is 12.8 Å². The number of piperidine rings is 1. The van der Waals surface area contributed by atoms with E-state index in [1.165, 1.54) is 10.7 Å². The molecule has 2 aromatic rings. The number of piperazine rings is 1. The van der Waals surface area contributed by atoms with Gasteiger partial charge in [0.15, 0.2) is 0 Å². The number of carbonyl (C=O) groups excluding carboxylic acids is 1. The maximum Gasteiger partial charge on any atom is 0.266 e. The topological polar surface area (TPSA) is 74.6 Å². The Bertz CT molecular complexity index is 876. The van der Waals surface area contributed by atoms with Crippen LogP contribution in [0.4, 0.5) is 11.6 Å². The normalized spacial score (nSPS) is 20.3. The minimum Gasteiger partial charge on any atom is -0.354 e. The highest BCUT2D eigenvalue weighted by Crippen LogP contribution is 2.23. The summed E-state index contributed by atoms with van der Waals surface area (Å²) in [5.74, 6) is 1.95. The number of aryl methyl sites for hydroxylation is 1. The maximum absolute atomic E-state index is 13.1. The lowest BCUT2D eigenvalue weighted by atomic mass is 9.96. The molecule has 4 rings (SSSR count). The molecule has 1 amide bonds. The number of nitrogens with zero attached hydrogens (tertiary/aromatic N) is 6. The first-order valence-electron chi connectivity index (χ1n) is 9.86. The summed E-state index contributed by atoms with van der Waals surface area (Å²) in [7, 11) is 1.65. The molecule has 0 spiro atoms. The molecule has 0 saturated carbocycles. The van der Waals surface area contributed by atoms with Crippen LogP contribution in [0.3, 0.4) is 0 Å². The molecule has 0 aromatic carbocycles. The SMILES string of the molecule is Cn1nc(N2CCC[C@H](C(=O)N3CCN(c4ccccn4)CC3)C2)ccc1=O. The Labute approximate surface area is 164 Å². The quantitative estimate of drug-likeness (QED) is 0.780. The molecule has 2 aliphatic heterocycles. The molecule has 1 atom stereocenters. The third-order valence-electron chi connectivity index (χ3n) is 5.61. The van der Waals surface area contributed by atoms with Gasteiger partial charge in [-0.1, -0.05) is 6.07 Å². The van der Waals surface area contributed by atoms with Gasteiger partial charge >= 0.3 is 0 Å². The monoisotopic (exact) mass is 382 g/mol. The van der Waals surface area contributed by atoms with Crippen molar-refractivity contribution in [2.45, 2.75) is 12.8 Å². The van der Waals surface area contributed by atoms with Gasteiger partial charge in [0.2, 0.25) is 5.91 Å². The van der Waals surface area contributed by atoms with Gasteiger partial charge in [-0.25, -0.2) is 9.67 Å². The molecule has 0 unspecified atom stereocenters. The third kappa shape index (κ3) is 3.85. The van der Waals surface area contributed by atoms with Crippen LogP contribution in [0.5, 0.6) is 0 Å². The van der Waals surface area contributed by atoms with Crippen LogP contribution >= 0.6 is 0 Å². The highest BCUT2D eigenvalue weighted by molar-refractivity contribution is 5.80. The lowest BCUT2D eigenvalue weighted by Crippen LogP contribution is -2.53. The lowest BCUT2D eigenvalue weighted by Gasteiger charge is -2.39. The van der Waals surface area contributed by atoms with Gasteiger partial charge in [-0.15, -0.1) is 0 Å². The summed E-state index contributed by atoms with van der Waals surface area (Å²) in [5.41, 5.74) is -0.126. The average molecular weight is 382 g/mol. The summed E-state index contributed by atoms with van der Waals surface area (Å²) in [4.78, 5) is 35.4. The maximum atomic E-state index is 13.1. The van der Waals surface area contributed by atoms with E-state index >= 15 is 0 Å². The molecular formula is C20H26N6O2. The Kier molecular flexibility index (Phi) is 5.27. The van der Waals surface area contributed by atoms with Crippen molar-refractivity contribution in [2.24, 2.45) is 13.0 Å². The van der Waals surface area contributed by atoms with Crippen LogP contribution in [-0.2, 0) is 11.8 Å². The fourth-order valence-corrected chi connectivity index (χ4v) is 4.00. The molecule has 2 fully saturated rings. The first-order valence-corrected chi connectivity index (χ1v) is 9.86. The number of hydrogen-bond acceptors (Lipinski definition) is 6. The second-order valence-electron chi connectivity index (χ2n) is 7.44. The van der Waals surface area contributed by atoms with E-state index in [9.17, 15) is 9.59 Å². The van der Waals surface area contributed by atoms with Crippen molar-refractivity contribution in [1.82, 2.24) is 19.7 Å². The first-order chi connectivity index (χ1) is 13.6. The molecule has 8 heteroatoms. The Morgan fingerprint density at radius 1 is 1.00 bits per heavy atom. The van der Waals surface area contributed by atoms with Gasteiger partial charge in [0.05, 0.1) is 5.92 Å². The average Bonchev–Trinajstić information content (AvgIpc) is 2.76. The molecule has 148 valence electrons. The number of hydrogen-bond donors (Lipinski definition) is 0. The zero-order valence-corrected chi connectivity index (χ0v) is 16.2. The van der Waals surface area contributed by atoms with Crippen molar-refractivity contribution in [1.29, 1.82) is 0 Å². The summed E-state index contributed by atoms with van der Waals surface area (Å²) in [6.45, 7) is 4.59. The van der Waals surface area contributed by atoms with E-state index in [2.05, 4.69) is 19.9 Å². The fourth-order valence-electron chi connectivity index (χ4n) is 4.00. The Balaban J connectivity index is 1.37. The predicted octanol–water partition coefficient (Wildman–Crippen LogP) is 0.740. The Morgan fingerprint density at radius 2 is 1.82 bits per heavy atom.